The van der Waals surface area contributed by atoms with Crippen LogP contribution in [0.4, 0.5) is 0 Å². The summed E-state index contributed by atoms with van der Waals surface area (Å²) >= 11 is 0. The lowest BCUT2D eigenvalue weighted by Crippen LogP contribution is -2.60. The van der Waals surface area contributed by atoms with Gasteiger partial charge in [0.1, 0.15) is 0 Å². The minimum absolute atomic E-state index is 0.347. The molecule has 0 aromatic rings. The highest BCUT2D eigenvalue weighted by atomic mass is 15.2. The fourth-order valence-electron chi connectivity index (χ4n) is 4.00. The first kappa shape index (κ1) is 13.4. The maximum atomic E-state index is 6.21. The molecule has 1 aliphatic heterocycles. The summed E-state index contributed by atoms with van der Waals surface area (Å²) in [7, 11) is 0. The summed E-state index contributed by atoms with van der Waals surface area (Å²) in [4.78, 5) is 2.83. The highest BCUT2D eigenvalue weighted by Gasteiger charge is 2.49. The van der Waals surface area contributed by atoms with Crippen LogP contribution in [0.15, 0.2) is 0 Å². The van der Waals surface area contributed by atoms with Crippen LogP contribution in [0.2, 0.25) is 0 Å². The highest BCUT2D eigenvalue weighted by molar-refractivity contribution is 5.05. The van der Waals surface area contributed by atoms with Gasteiger partial charge in [-0.25, -0.2) is 0 Å². The van der Waals surface area contributed by atoms with Crippen LogP contribution in [0.25, 0.3) is 0 Å². The van der Waals surface area contributed by atoms with E-state index in [0.29, 0.717) is 5.54 Å². The van der Waals surface area contributed by atoms with E-state index in [1.807, 2.05) is 0 Å². The van der Waals surface area contributed by atoms with Crippen LogP contribution >= 0.6 is 0 Å². The fraction of sp³-hybridized carbons (Fsp3) is 1.00. The Hall–Kier alpha value is -0.0800. The summed E-state index contributed by atoms with van der Waals surface area (Å²) in [5.74, 6) is 0.898. The number of nitrogens with zero attached hydrogens (tertiary/aromatic N) is 1. The van der Waals surface area contributed by atoms with Gasteiger partial charge in [0.25, 0.3) is 0 Å². The smallest absolute Gasteiger partial charge is 0.0360 e. The van der Waals surface area contributed by atoms with E-state index in [-0.39, 0.29) is 0 Å². The van der Waals surface area contributed by atoms with Gasteiger partial charge in [0.05, 0.1) is 0 Å². The maximum Gasteiger partial charge on any atom is 0.0360 e. The number of rotatable bonds is 6. The molecule has 2 fully saturated rings. The minimum atomic E-state index is 0.347. The van der Waals surface area contributed by atoms with E-state index < -0.39 is 0 Å². The zero-order valence-corrected chi connectivity index (χ0v) is 11.8. The van der Waals surface area contributed by atoms with E-state index in [1.54, 1.807) is 0 Å². The molecule has 1 heterocycles. The predicted octanol–water partition coefficient (Wildman–Crippen LogP) is 3.16. The molecule has 0 amide bonds. The maximum absolute atomic E-state index is 6.21. The van der Waals surface area contributed by atoms with E-state index in [1.165, 1.54) is 57.9 Å². The van der Waals surface area contributed by atoms with Gasteiger partial charge in [-0.3, -0.25) is 4.90 Å². The van der Waals surface area contributed by atoms with Crippen molar-refractivity contribution in [3.63, 3.8) is 0 Å². The Morgan fingerprint density at radius 1 is 1.18 bits per heavy atom. The molecule has 0 aromatic carbocycles. The summed E-state index contributed by atoms with van der Waals surface area (Å²) in [6.07, 6.45) is 11.0. The molecule has 2 rings (SSSR count). The Balaban J connectivity index is 2.14. The summed E-state index contributed by atoms with van der Waals surface area (Å²) in [6, 6.07) is 0.817. The zero-order valence-electron chi connectivity index (χ0n) is 11.8. The molecule has 1 aliphatic carbocycles. The molecule has 17 heavy (non-hydrogen) atoms. The van der Waals surface area contributed by atoms with Crippen LogP contribution in [-0.2, 0) is 0 Å². The molecule has 2 unspecified atom stereocenters. The van der Waals surface area contributed by atoms with Crippen LogP contribution in [0, 0.1) is 5.92 Å². The average molecular weight is 238 g/mol. The van der Waals surface area contributed by atoms with Gasteiger partial charge in [-0.15, -0.1) is 0 Å². The number of piperidine rings is 1. The molecule has 1 saturated carbocycles. The van der Waals surface area contributed by atoms with Crippen molar-refractivity contribution in [3.05, 3.63) is 0 Å². The lowest BCUT2D eigenvalue weighted by Gasteiger charge is -2.50. The molecule has 0 spiro atoms. The van der Waals surface area contributed by atoms with Crippen molar-refractivity contribution < 1.29 is 0 Å². The monoisotopic (exact) mass is 238 g/mol. The SMILES string of the molecule is CCCC1CCCCN1C(CC)(CN)C1CC1. The lowest BCUT2D eigenvalue weighted by molar-refractivity contribution is -0.00000107. The van der Waals surface area contributed by atoms with Crippen molar-refractivity contribution in [1.29, 1.82) is 0 Å². The average Bonchev–Trinajstić information content (AvgIpc) is 3.19. The van der Waals surface area contributed by atoms with Gasteiger partial charge in [-0.2, -0.15) is 0 Å². The second-order valence-electron chi connectivity index (χ2n) is 6.07. The molecule has 2 N–H and O–H groups in total. The van der Waals surface area contributed by atoms with Crippen molar-refractivity contribution in [2.45, 2.75) is 76.8 Å². The number of hydrogen-bond acceptors (Lipinski definition) is 2. The summed E-state index contributed by atoms with van der Waals surface area (Å²) in [6.45, 7) is 6.84. The molecular formula is C15H30N2. The lowest BCUT2D eigenvalue weighted by atomic mass is 9.83. The highest BCUT2D eigenvalue weighted by Crippen LogP contribution is 2.47. The largest absolute Gasteiger partial charge is 0.329 e. The quantitative estimate of drug-likeness (QED) is 0.770. The molecule has 0 bridgehead atoms. The number of likely N-dealkylation sites (tertiary alicyclic amines) is 1. The van der Waals surface area contributed by atoms with E-state index in [9.17, 15) is 0 Å². The first-order valence-corrected chi connectivity index (χ1v) is 7.75. The summed E-state index contributed by atoms with van der Waals surface area (Å²) < 4.78 is 0. The number of nitrogens with two attached hydrogens (primary N) is 1. The number of hydrogen-bond donors (Lipinski definition) is 1. The van der Waals surface area contributed by atoms with Crippen molar-refractivity contribution in [3.8, 4) is 0 Å². The first-order valence-electron chi connectivity index (χ1n) is 7.75. The molecule has 2 heteroatoms. The molecule has 100 valence electrons. The van der Waals surface area contributed by atoms with Crippen molar-refractivity contribution in [2.24, 2.45) is 11.7 Å². The Labute approximate surface area is 107 Å². The van der Waals surface area contributed by atoms with Crippen molar-refractivity contribution in [1.82, 2.24) is 4.90 Å². The van der Waals surface area contributed by atoms with E-state index in [0.717, 1.165) is 18.5 Å². The van der Waals surface area contributed by atoms with Crippen molar-refractivity contribution >= 4 is 0 Å². The minimum Gasteiger partial charge on any atom is -0.329 e. The van der Waals surface area contributed by atoms with Gasteiger partial charge >= 0.3 is 0 Å². The van der Waals surface area contributed by atoms with Crippen molar-refractivity contribution in [2.75, 3.05) is 13.1 Å². The molecule has 2 aliphatic rings. The van der Waals surface area contributed by atoms with E-state index in [2.05, 4.69) is 18.7 Å². The van der Waals surface area contributed by atoms with Gasteiger partial charge in [0.2, 0.25) is 0 Å². The molecule has 1 saturated heterocycles. The van der Waals surface area contributed by atoms with Crippen LogP contribution in [0.1, 0.15) is 65.2 Å². The first-order chi connectivity index (χ1) is 8.28. The third-order valence-corrected chi connectivity index (χ3v) is 5.12. The molecule has 0 radical (unpaired) electrons. The summed E-state index contributed by atoms with van der Waals surface area (Å²) in [5.41, 5.74) is 6.55. The standard InChI is InChI=1S/C15H30N2/c1-3-7-14-8-5-6-11-17(14)15(4-2,12-16)13-9-10-13/h13-14H,3-12,16H2,1-2H3. The van der Waals surface area contributed by atoms with Gasteiger partial charge in [-0.05, 0) is 51.0 Å². The molecule has 2 atom stereocenters. The third kappa shape index (κ3) is 2.53. The normalized spacial score (nSPS) is 30.2. The van der Waals surface area contributed by atoms with Gasteiger partial charge in [0, 0.05) is 18.1 Å². The van der Waals surface area contributed by atoms with Crippen LogP contribution in [0.3, 0.4) is 0 Å². The Morgan fingerprint density at radius 3 is 2.47 bits per heavy atom. The topological polar surface area (TPSA) is 29.3 Å². The molecule has 0 aromatic heterocycles. The predicted molar refractivity (Wildman–Crippen MR) is 74.1 cm³/mol. The van der Waals surface area contributed by atoms with Crippen LogP contribution < -0.4 is 5.73 Å². The second-order valence-corrected chi connectivity index (χ2v) is 6.07. The molecule has 2 nitrogen and oxygen atoms in total. The van der Waals surface area contributed by atoms with Gasteiger partial charge in [-0.1, -0.05) is 26.7 Å². The Bertz CT molecular complexity index is 229. The van der Waals surface area contributed by atoms with Gasteiger partial charge in [0.15, 0.2) is 0 Å². The zero-order chi connectivity index (χ0) is 12.3. The third-order valence-electron chi connectivity index (χ3n) is 5.12. The Morgan fingerprint density at radius 2 is 1.94 bits per heavy atom. The van der Waals surface area contributed by atoms with Gasteiger partial charge < -0.3 is 5.73 Å². The fourth-order valence-corrected chi connectivity index (χ4v) is 4.00. The second kappa shape index (κ2) is 5.71. The van der Waals surface area contributed by atoms with E-state index in [4.69, 9.17) is 5.73 Å². The van der Waals surface area contributed by atoms with Crippen LogP contribution in [0.5, 0.6) is 0 Å². The summed E-state index contributed by atoms with van der Waals surface area (Å²) in [5, 5.41) is 0. The molecular weight excluding hydrogens is 208 g/mol. The van der Waals surface area contributed by atoms with Crippen LogP contribution in [-0.4, -0.2) is 29.6 Å². The van der Waals surface area contributed by atoms with E-state index >= 15 is 0 Å². The Kier molecular flexibility index (Phi) is 4.48.